The van der Waals surface area contributed by atoms with Crippen molar-refractivity contribution in [2.75, 3.05) is 18.1 Å². The van der Waals surface area contributed by atoms with E-state index in [4.69, 9.17) is 0 Å². The largest absolute Gasteiger partial charge is 0.326 e. The van der Waals surface area contributed by atoms with Crippen molar-refractivity contribution in [2.24, 2.45) is 0 Å². The SMILES string of the molecule is CSc1ccccc1NC(=O)C1CCCN1C(=O)c1cccs1. The number of carbonyl (C=O) groups is 2. The van der Waals surface area contributed by atoms with E-state index < -0.39 is 0 Å². The van der Waals surface area contributed by atoms with Gasteiger partial charge in [0.1, 0.15) is 6.04 Å². The number of carbonyl (C=O) groups excluding carboxylic acids is 2. The molecule has 0 bridgehead atoms. The molecule has 6 heteroatoms. The van der Waals surface area contributed by atoms with Crippen LogP contribution < -0.4 is 5.32 Å². The second kappa shape index (κ2) is 7.19. The highest BCUT2D eigenvalue weighted by Gasteiger charge is 2.35. The molecule has 0 spiro atoms. The van der Waals surface area contributed by atoms with Crippen LogP contribution in [0.2, 0.25) is 0 Å². The number of rotatable bonds is 4. The summed E-state index contributed by atoms with van der Waals surface area (Å²) < 4.78 is 0. The van der Waals surface area contributed by atoms with E-state index in [1.165, 1.54) is 11.3 Å². The van der Waals surface area contributed by atoms with Crippen molar-refractivity contribution in [1.29, 1.82) is 0 Å². The van der Waals surface area contributed by atoms with Crippen molar-refractivity contribution in [3.63, 3.8) is 0 Å². The first-order valence-electron chi connectivity index (χ1n) is 7.49. The molecule has 4 nitrogen and oxygen atoms in total. The molecular weight excluding hydrogens is 328 g/mol. The molecule has 23 heavy (non-hydrogen) atoms. The number of thioether (sulfide) groups is 1. The zero-order chi connectivity index (χ0) is 16.2. The molecule has 1 aromatic carbocycles. The fraction of sp³-hybridized carbons (Fsp3) is 0.294. The number of thiophene rings is 1. The third-order valence-electron chi connectivity index (χ3n) is 3.91. The number of hydrogen-bond acceptors (Lipinski definition) is 4. The van der Waals surface area contributed by atoms with Gasteiger partial charge >= 0.3 is 0 Å². The van der Waals surface area contributed by atoms with Crippen LogP contribution in [0.3, 0.4) is 0 Å². The Morgan fingerprint density at radius 2 is 2.09 bits per heavy atom. The van der Waals surface area contributed by atoms with Crippen molar-refractivity contribution < 1.29 is 9.59 Å². The van der Waals surface area contributed by atoms with Crippen LogP contribution in [-0.2, 0) is 4.79 Å². The van der Waals surface area contributed by atoms with E-state index in [1.54, 1.807) is 16.7 Å². The fourth-order valence-corrected chi connectivity index (χ4v) is 4.02. The predicted octanol–water partition coefficient (Wildman–Crippen LogP) is 3.71. The summed E-state index contributed by atoms with van der Waals surface area (Å²) in [5, 5.41) is 4.87. The van der Waals surface area contributed by atoms with E-state index in [1.807, 2.05) is 48.0 Å². The highest BCUT2D eigenvalue weighted by molar-refractivity contribution is 7.98. The third-order valence-corrected chi connectivity index (χ3v) is 5.57. The summed E-state index contributed by atoms with van der Waals surface area (Å²) in [6, 6.07) is 11.0. The maximum Gasteiger partial charge on any atom is 0.264 e. The summed E-state index contributed by atoms with van der Waals surface area (Å²) in [6.07, 6.45) is 3.55. The Balaban J connectivity index is 1.74. The first-order chi connectivity index (χ1) is 11.2. The van der Waals surface area contributed by atoms with E-state index in [-0.39, 0.29) is 17.9 Å². The number of nitrogens with zero attached hydrogens (tertiary/aromatic N) is 1. The van der Waals surface area contributed by atoms with Gasteiger partial charge in [-0.1, -0.05) is 18.2 Å². The van der Waals surface area contributed by atoms with Gasteiger partial charge in [0.25, 0.3) is 5.91 Å². The second-order valence-electron chi connectivity index (χ2n) is 5.32. The summed E-state index contributed by atoms with van der Waals surface area (Å²) in [5.74, 6) is -0.148. The lowest BCUT2D eigenvalue weighted by molar-refractivity contribution is -0.119. The Labute approximate surface area is 143 Å². The quantitative estimate of drug-likeness (QED) is 0.859. The minimum atomic E-state index is -0.389. The highest BCUT2D eigenvalue weighted by atomic mass is 32.2. The lowest BCUT2D eigenvalue weighted by atomic mass is 10.2. The summed E-state index contributed by atoms with van der Waals surface area (Å²) in [7, 11) is 0. The first-order valence-corrected chi connectivity index (χ1v) is 9.59. The van der Waals surface area contributed by atoms with Gasteiger partial charge in [0.05, 0.1) is 10.6 Å². The molecule has 1 aliphatic heterocycles. The maximum atomic E-state index is 12.7. The molecule has 3 rings (SSSR count). The standard InChI is InChI=1S/C17H18N2O2S2/c1-22-14-8-3-2-6-12(14)18-16(20)13-7-4-10-19(13)17(21)15-9-5-11-23-15/h2-3,5-6,8-9,11,13H,4,7,10H2,1H3,(H,18,20). The Hall–Kier alpha value is -1.79. The van der Waals surface area contributed by atoms with Gasteiger partial charge in [-0.2, -0.15) is 0 Å². The Kier molecular flexibility index (Phi) is 5.03. The Morgan fingerprint density at radius 3 is 2.83 bits per heavy atom. The van der Waals surface area contributed by atoms with E-state index in [0.717, 1.165) is 17.0 Å². The maximum absolute atomic E-state index is 12.7. The lowest BCUT2D eigenvalue weighted by Crippen LogP contribution is -2.43. The zero-order valence-corrected chi connectivity index (χ0v) is 14.5. The van der Waals surface area contributed by atoms with Gasteiger partial charge in [0.15, 0.2) is 0 Å². The average molecular weight is 346 g/mol. The second-order valence-corrected chi connectivity index (χ2v) is 7.12. The van der Waals surface area contributed by atoms with Gasteiger partial charge in [0.2, 0.25) is 5.91 Å². The molecule has 1 saturated heterocycles. The number of amides is 2. The predicted molar refractivity (Wildman–Crippen MR) is 95.2 cm³/mol. The van der Waals surface area contributed by atoms with E-state index >= 15 is 0 Å². The number of hydrogen-bond donors (Lipinski definition) is 1. The van der Waals surface area contributed by atoms with Gasteiger partial charge in [-0.25, -0.2) is 0 Å². The van der Waals surface area contributed by atoms with Crippen molar-refractivity contribution in [3.8, 4) is 0 Å². The van der Waals surface area contributed by atoms with Crippen molar-refractivity contribution in [1.82, 2.24) is 4.90 Å². The summed E-state index contributed by atoms with van der Waals surface area (Å²) in [4.78, 5) is 28.6. The molecule has 1 unspecified atom stereocenters. The van der Waals surface area contributed by atoms with Crippen LogP contribution >= 0.6 is 23.1 Å². The van der Waals surface area contributed by atoms with Crippen LogP contribution in [0.15, 0.2) is 46.7 Å². The molecule has 1 aliphatic rings. The number of nitrogens with one attached hydrogen (secondary N) is 1. The molecule has 1 fully saturated rings. The van der Waals surface area contributed by atoms with Gasteiger partial charge in [-0.3, -0.25) is 9.59 Å². The van der Waals surface area contributed by atoms with Crippen LogP contribution in [0.5, 0.6) is 0 Å². The van der Waals surface area contributed by atoms with Crippen molar-refractivity contribution >= 4 is 40.6 Å². The normalized spacial score (nSPS) is 17.3. The summed E-state index contributed by atoms with van der Waals surface area (Å²) >= 11 is 3.01. The minimum absolute atomic E-state index is 0.0456. The van der Waals surface area contributed by atoms with Gasteiger partial charge < -0.3 is 10.2 Å². The molecule has 1 atom stereocenters. The molecule has 0 radical (unpaired) electrons. The Bertz CT molecular complexity index is 700. The van der Waals surface area contributed by atoms with Crippen molar-refractivity contribution in [2.45, 2.75) is 23.8 Å². The van der Waals surface area contributed by atoms with E-state index in [2.05, 4.69) is 5.32 Å². The molecular formula is C17H18N2O2S2. The number of anilines is 1. The molecule has 2 aromatic rings. The van der Waals surface area contributed by atoms with Crippen LogP contribution in [-0.4, -0.2) is 35.6 Å². The van der Waals surface area contributed by atoms with Crippen LogP contribution in [0.1, 0.15) is 22.5 Å². The molecule has 1 N–H and O–H groups in total. The van der Waals surface area contributed by atoms with E-state index in [0.29, 0.717) is 17.8 Å². The fourth-order valence-electron chi connectivity index (χ4n) is 2.79. The van der Waals surface area contributed by atoms with Gasteiger partial charge in [0, 0.05) is 11.4 Å². The zero-order valence-electron chi connectivity index (χ0n) is 12.8. The van der Waals surface area contributed by atoms with Gasteiger partial charge in [-0.05, 0) is 42.7 Å². The first kappa shape index (κ1) is 16.1. The van der Waals surface area contributed by atoms with Crippen molar-refractivity contribution in [3.05, 3.63) is 46.7 Å². The molecule has 2 amide bonds. The monoisotopic (exact) mass is 346 g/mol. The third kappa shape index (κ3) is 3.43. The van der Waals surface area contributed by atoms with E-state index in [9.17, 15) is 9.59 Å². The van der Waals surface area contributed by atoms with Gasteiger partial charge in [-0.15, -0.1) is 23.1 Å². The van der Waals surface area contributed by atoms with Crippen LogP contribution in [0.4, 0.5) is 5.69 Å². The van der Waals surface area contributed by atoms with Crippen LogP contribution in [0.25, 0.3) is 0 Å². The average Bonchev–Trinajstić information content (AvgIpc) is 3.26. The highest BCUT2D eigenvalue weighted by Crippen LogP contribution is 2.27. The number of benzene rings is 1. The molecule has 0 saturated carbocycles. The lowest BCUT2D eigenvalue weighted by Gasteiger charge is -2.23. The number of likely N-dealkylation sites (tertiary alicyclic amines) is 1. The summed E-state index contributed by atoms with van der Waals surface area (Å²) in [5.41, 5.74) is 0.806. The topological polar surface area (TPSA) is 49.4 Å². The molecule has 0 aliphatic carbocycles. The minimum Gasteiger partial charge on any atom is -0.326 e. The molecule has 2 heterocycles. The smallest absolute Gasteiger partial charge is 0.264 e. The molecule has 1 aromatic heterocycles. The number of para-hydroxylation sites is 1. The summed E-state index contributed by atoms with van der Waals surface area (Å²) in [6.45, 7) is 0.638. The van der Waals surface area contributed by atoms with Crippen LogP contribution in [0, 0.1) is 0 Å². The Morgan fingerprint density at radius 1 is 1.26 bits per heavy atom. The molecule has 120 valence electrons.